The zero-order chi connectivity index (χ0) is 61.1. The Hall–Kier alpha value is -7.72. The van der Waals surface area contributed by atoms with E-state index >= 15 is 0 Å². The van der Waals surface area contributed by atoms with Crippen molar-refractivity contribution in [1.29, 1.82) is 0 Å². The fourth-order valence-corrected chi connectivity index (χ4v) is 8.33. The number of ketones is 1. The molecule has 2 aromatic heterocycles. The number of ether oxygens (including phenoxy) is 6. The summed E-state index contributed by atoms with van der Waals surface area (Å²) < 4.78 is 60.8. The first-order valence-corrected chi connectivity index (χ1v) is 28.1. The van der Waals surface area contributed by atoms with Crippen molar-refractivity contribution < 1.29 is 46.8 Å². The van der Waals surface area contributed by atoms with Gasteiger partial charge >= 0.3 is 0 Å². The molecule has 0 amide bonds. The summed E-state index contributed by atoms with van der Waals surface area (Å²) in [6, 6.07) is 30.2. The Balaban J connectivity index is 0.000000276. The average molecular weight is 1260 g/mol. The number of halogens is 6. The second-order valence-corrected chi connectivity index (χ2v) is 20.3. The lowest BCUT2D eigenvalue weighted by Crippen LogP contribution is -2.12. The van der Waals surface area contributed by atoms with Crippen molar-refractivity contribution in [2.24, 2.45) is 0 Å². The van der Waals surface area contributed by atoms with Crippen LogP contribution in [-0.2, 0) is 38.7 Å². The molecule has 0 atom stereocenters. The van der Waals surface area contributed by atoms with Gasteiger partial charge in [0, 0.05) is 72.6 Å². The van der Waals surface area contributed by atoms with Gasteiger partial charge in [0.05, 0.1) is 40.0 Å². The smallest absolute Gasteiger partial charge is 0.244 e. The third-order valence-electron chi connectivity index (χ3n) is 11.8. The molecule has 0 unspecified atom stereocenters. The number of aromatic nitrogens is 4. The summed E-state index contributed by atoms with van der Waals surface area (Å²) in [5, 5.41) is 8.37. The van der Waals surface area contributed by atoms with Crippen molar-refractivity contribution in [2.45, 2.75) is 33.5 Å². The Labute approximate surface area is 520 Å². The molecule has 6 aromatic carbocycles. The van der Waals surface area contributed by atoms with Crippen molar-refractivity contribution in [1.82, 2.24) is 29.7 Å². The first kappa shape index (κ1) is 69.1. The lowest BCUT2D eigenvalue weighted by atomic mass is 10.0. The molecule has 23 heteroatoms. The fraction of sp³-hybridized carbons (Fsp3) is 0.270. The second kappa shape index (κ2) is 36.3. The molecule has 0 radical (unpaired) electrons. The molecule has 0 spiro atoms. The Morgan fingerprint density at radius 1 is 0.581 bits per heavy atom. The third-order valence-corrected chi connectivity index (χ3v) is 12.5. The van der Waals surface area contributed by atoms with Crippen LogP contribution < -0.4 is 35.3 Å². The number of anilines is 5. The topological polar surface area (TPSA) is 198 Å². The maximum Gasteiger partial charge on any atom is 0.244 e. The number of likely N-dealkylation sites (N-methyl/N-ethyl adjacent to an activating group) is 2. The van der Waals surface area contributed by atoms with Crippen molar-refractivity contribution in [3.63, 3.8) is 0 Å². The van der Waals surface area contributed by atoms with Crippen LogP contribution in [0, 0.1) is 11.6 Å². The van der Waals surface area contributed by atoms with Crippen molar-refractivity contribution >= 4 is 109 Å². The molecule has 0 aliphatic heterocycles. The Morgan fingerprint density at radius 3 is 1.52 bits per heavy atom. The van der Waals surface area contributed by atoms with Crippen LogP contribution in [0.3, 0.4) is 0 Å². The van der Waals surface area contributed by atoms with Gasteiger partial charge in [0.25, 0.3) is 0 Å². The predicted octanol–water partition coefficient (Wildman–Crippen LogP) is 13.4. The number of carbonyl (C=O) groups excluding carboxylic acids is 2. The van der Waals surface area contributed by atoms with Gasteiger partial charge in [-0.3, -0.25) is 9.59 Å². The van der Waals surface area contributed by atoms with Crippen LogP contribution >= 0.6 is 47.2 Å². The predicted molar refractivity (Wildman–Crippen MR) is 341 cm³/mol. The SMILES string of the molecule is CCOCCOc1cc2ncnc(Nc3ccc(OCc4cccc(F)c4)c(Cl)c3)c2cc1CC(=O)/C=C/CN(C)C.CCOCCOc1cc2ncnc(Nc3ccc(OCc4cccc(F)c4)c(Cl)c3)c2cc1N.CN(C)C/C=C/C(=O)Cl.Cl. The molecule has 86 heavy (non-hydrogen) atoms. The third kappa shape index (κ3) is 23.3. The number of allylic oxidation sites excluding steroid dienone is 2. The number of hydrogen-bond acceptors (Lipinski definition) is 17. The molecule has 456 valence electrons. The van der Waals surface area contributed by atoms with Gasteiger partial charge in [0.1, 0.15) is 85.4 Å². The van der Waals surface area contributed by atoms with Gasteiger partial charge in [-0.15, -0.1) is 12.4 Å². The number of nitrogen functional groups attached to an aromatic ring is 1. The lowest BCUT2D eigenvalue weighted by molar-refractivity contribution is -0.114. The second-order valence-electron chi connectivity index (χ2n) is 19.1. The average Bonchev–Trinajstić information content (AvgIpc) is 2.41. The van der Waals surface area contributed by atoms with Gasteiger partial charge in [-0.25, -0.2) is 28.7 Å². The summed E-state index contributed by atoms with van der Waals surface area (Å²) in [6.07, 6.45) is 9.57. The number of fused-ring (bicyclic) bond motifs is 2. The highest BCUT2D eigenvalue weighted by Gasteiger charge is 2.16. The van der Waals surface area contributed by atoms with E-state index in [0.717, 1.165) is 22.9 Å². The maximum atomic E-state index is 13.5. The number of nitrogens with two attached hydrogens (primary N) is 1. The summed E-state index contributed by atoms with van der Waals surface area (Å²) in [5.74, 6) is 2.51. The van der Waals surface area contributed by atoms with Crippen LogP contribution in [0.15, 0.2) is 146 Å². The molecule has 0 aliphatic rings. The van der Waals surface area contributed by atoms with E-state index in [0.29, 0.717) is 130 Å². The molecule has 0 fully saturated rings. The standard InChI is InChI=1S/C32H34ClFN4O4.C25H24ClFN4O3.C6H10ClNO.ClH/c1-4-40-13-14-41-31-19-29-27(17-23(31)16-26(39)9-6-12-38(2)3)32(36-21-35-29)37-25-10-11-30(28(33)18-25)42-20-22-7-5-8-24(34)15-22;1-2-32-8-9-33-24-13-22-19(12-21(24)28)25(30-15-29-22)31-18-6-7-23(20(26)11-18)34-14-16-4-3-5-17(27)10-16;1-8(2)5-3-4-6(7)9;/h5-11,15,17-19,21H,4,12-14,16,20H2,1-3H3,(H,35,36,37);3-7,10-13,15H,2,8-9,14,28H2,1H3,(H,29,30,31);3-4H,5H2,1-2H3;1H/b9-6+;;4-3+;. The summed E-state index contributed by atoms with van der Waals surface area (Å²) in [5.41, 5.74) is 11.5. The Morgan fingerprint density at radius 2 is 1.06 bits per heavy atom. The van der Waals surface area contributed by atoms with Crippen molar-refractivity contribution in [2.75, 3.05) is 97.3 Å². The van der Waals surface area contributed by atoms with Crippen LogP contribution in [0.2, 0.25) is 10.0 Å². The van der Waals surface area contributed by atoms with E-state index in [1.54, 1.807) is 72.8 Å². The summed E-state index contributed by atoms with van der Waals surface area (Å²) in [4.78, 5) is 44.3. The summed E-state index contributed by atoms with van der Waals surface area (Å²) in [6.45, 7) is 8.53. The fourth-order valence-electron chi connectivity index (χ4n) is 7.77. The number of hydrogen-bond donors (Lipinski definition) is 3. The minimum atomic E-state index is -0.420. The van der Waals surface area contributed by atoms with Crippen molar-refractivity contribution in [3.05, 3.63) is 185 Å². The van der Waals surface area contributed by atoms with E-state index in [1.165, 1.54) is 43.0 Å². The molecule has 0 saturated carbocycles. The number of nitrogens with one attached hydrogen (secondary N) is 2. The highest BCUT2D eigenvalue weighted by molar-refractivity contribution is 6.66. The van der Waals surface area contributed by atoms with E-state index in [4.69, 9.17) is 69.0 Å². The van der Waals surface area contributed by atoms with Gasteiger partial charge in [0.15, 0.2) is 5.78 Å². The van der Waals surface area contributed by atoms with Crippen LogP contribution in [0.25, 0.3) is 21.8 Å². The molecular formula is C63H69Cl4F2N9O8. The quantitative estimate of drug-likeness (QED) is 0.0181. The molecule has 2 heterocycles. The molecule has 17 nitrogen and oxygen atoms in total. The first-order chi connectivity index (χ1) is 41.0. The summed E-state index contributed by atoms with van der Waals surface area (Å²) >= 11 is 17.9. The van der Waals surface area contributed by atoms with E-state index in [-0.39, 0.29) is 49.5 Å². The van der Waals surface area contributed by atoms with Crippen LogP contribution in [0.5, 0.6) is 23.0 Å². The molecule has 0 aliphatic carbocycles. The van der Waals surface area contributed by atoms with E-state index in [2.05, 4.69) is 30.6 Å². The van der Waals surface area contributed by atoms with Crippen LogP contribution in [-0.4, -0.2) is 122 Å². The van der Waals surface area contributed by atoms with Crippen molar-refractivity contribution in [3.8, 4) is 23.0 Å². The zero-order valence-electron chi connectivity index (χ0n) is 48.5. The number of benzene rings is 6. The molecular weight excluding hydrogens is 1190 g/mol. The minimum Gasteiger partial charge on any atom is -0.491 e. The monoisotopic (exact) mass is 1260 g/mol. The zero-order valence-corrected chi connectivity index (χ0v) is 51.5. The molecule has 0 saturated heterocycles. The first-order valence-electron chi connectivity index (χ1n) is 26.9. The maximum absolute atomic E-state index is 13.5. The van der Waals surface area contributed by atoms with E-state index in [1.807, 2.05) is 82.2 Å². The van der Waals surface area contributed by atoms with Gasteiger partial charge in [0.2, 0.25) is 5.24 Å². The number of carbonyl (C=O) groups is 2. The molecule has 8 aromatic rings. The normalized spacial score (nSPS) is 11.0. The Kier molecular flexibility index (Phi) is 29.2. The highest BCUT2D eigenvalue weighted by Crippen LogP contribution is 2.36. The number of rotatable bonds is 28. The molecule has 0 bridgehead atoms. The van der Waals surface area contributed by atoms with Gasteiger partial charge in [-0.1, -0.05) is 59.6 Å². The van der Waals surface area contributed by atoms with Gasteiger partial charge < -0.3 is 54.6 Å². The summed E-state index contributed by atoms with van der Waals surface area (Å²) in [7, 11) is 7.72. The minimum absolute atomic E-state index is 0. The van der Waals surface area contributed by atoms with E-state index < -0.39 is 5.24 Å². The number of nitrogens with zero attached hydrogens (tertiary/aromatic N) is 6. The molecule has 4 N–H and O–H groups in total. The van der Waals surface area contributed by atoms with Gasteiger partial charge in [-0.2, -0.15) is 0 Å². The van der Waals surface area contributed by atoms with Crippen LogP contribution in [0.1, 0.15) is 30.5 Å². The van der Waals surface area contributed by atoms with Crippen LogP contribution in [0.4, 0.5) is 37.5 Å². The van der Waals surface area contributed by atoms with E-state index in [9.17, 15) is 18.4 Å². The highest BCUT2D eigenvalue weighted by atomic mass is 35.5. The van der Waals surface area contributed by atoms with Gasteiger partial charge in [-0.05, 0) is 150 Å². The lowest BCUT2D eigenvalue weighted by Gasteiger charge is -2.15. The Bertz CT molecular complexity index is 3550. The largest absolute Gasteiger partial charge is 0.491 e. The molecule has 8 rings (SSSR count).